The van der Waals surface area contributed by atoms with Crippen molar-refractivity contribution in [1.82, 2.24) is 10.6 Å². The van der Waals surface area contributed by atoms with Gasteiger partial charge in [0.2, 0.25) is 11.8 Å². The lowest BCUT2D eigenvalue weighted by molar-refractivity contribution is -0.130. The van der Waals surface area contributed by atoms with Crippen LogP contribution < -0.4 is 16.4 Å². The molecule has 2 unspecified atom stereocenters. The highest BCUT2D eigenvalue weighted by Gasteiger charge is 2.35. The van der Waals surface area contributed by atoms with E-state index in [9.17, 15) is 9.59 Å². The predicted octanol–water partition coefficient (Wildman–Crippen LogP) is 2.69. The van der Waals surface area contributed by atoms with Gasteiger partial charge in [-0.15, -0.1) is 0 Å². The third-order valence-electron chi connectivity index (χ3n) is 5.93. The van der Waals surface area contributed by atoms with Crippen molar-refractivity contribution in [2.75, 3.05) is 6.54 Å². The number of hydrogen-bond donors (Lipinski definition) is 3. The third kappa shape index (κ3) is 6.61. The van der Waals surface area contributed by atoms with Gasteiger partial charge in [-0.2, -0.15) is 0 Å². The number of amides is 2. The normalized spacial score (nSPS) is 27.4. The van der Waals surface area contributed by atoms with E-state index >= 15 is 0 Å². The van der Waals surface area contributed by atoms with E-state index in [2.05, 4.69) is 45.3 Å². The number of hydrogen-bond acceptors (Lipinski definition) is 3. The molecule has 0 aromatic rings. The average molecular weight is 354 g/mol. The molecular weight excluding hydrogens is 314 g/mol. The van der Waals surface area contributed by atoms with Gasteiger partial charge in [-0.25, -0.2) is 0 Å². The van der Waals surface area contributed by atoms with Crippen LogP contribution >= 0.6 is 0 Å². The molecule has 1 aliphatic carbocycles. The first-order valence-electron chi connectivity index (χ1n) is 10.0. The van der Waals surface area contributed by atoms with E-state index in [0.717, 1.165) is 19.3 Å². The number of nitrogens with two attached hydrogens (primary N) is 1. The van der Waals surface area contributed by atoms with E-state index in [1.54, 1.807) is 6.92 Å². The van der Waals surface area contributed by atoms with Gasteiger partial charge in [-0.05, 0) is 43.4 Å². The van der Waals surface area contributed by atoms with E-state index in [4.69, 9.17) is 5.73 Å². The number of nitrogens with one attached hydrogen (secondary N) is 2. The largest absolute Gasteiger partial charge is 0.354 e. The number of carbonyl (C=O) groups excluding carboxylic acids is 2. The van der Waals surface area contributed by atoms with Crippen LogP contribution in [0.15, 0.2) is 0 Å². The van der Waals surface area contributed by atoms with Crippen LogP contribution in [0, 0.1) is 29.6 Å². The highest BCUT2D eigenvalue weighted by molar-refractivity contribution is 5.82. The Labute approximate surface area is 153 Å². The topological polar surface area (TPSA) is 84.2 Å². The fraction of sp³-hybridized carbons (Fsp3) is 0.900. The van der Waals surface area contributed by atoms with Crippen LogP contribution in [0.4, 0.5) is 0 Å². The Morgan fingerprint density at radius 1 is 1.16 bits per heavy atom. The van der Waals surface area contributed by atoms with Gasteiger partial charge in [-0.1, -0.05) is 47.5 Å². The summed E-state index contributed by atoms with van der Waals surface area (Å²) in [6.07, 6.45) is 4.25. The summed E-state index contributed by atoms with van der Waals surface area (Å²) in [6.45, 7) is 13.0. The number of carbonyl (C=O) groups is 2. The van der Waals surface area contributed by atoms with Crippen LogP contribution in [-0.2, 0) is 9.59 Å². The summed E-state index contributed by atoms with van der Waals surface area (Å²) in [5.74, 6) is 1.94. The van der Waals surface area contributed by atoms with Gasteiger partial charge < -0.3 is 16.4 Å². The van der Waals surface area contributed by atoms with Gasteiger partial charge in [0, 0.05) is 18.5 Å². The van der Waals surface area contributed by atoms with Crippen molar-refractivity contribution >= 4 is 11.8 Å². The summed E-state index contributed by atoms with van der Waals surface area (Å²) in [5, 5.41) is 6.11. The highest BCUT2D eigenvalue weighted by Crippen LogP contribution is 2.38. The van der Waals surface area contributed by atoms with Crippen molar-refractivity contribution in [3.8, 4) is 0 Å². The fourth-order valence-corrected chi connectivity index (χ4v) is 3.84. The van der Waals surface area contributed by atoms with Crippen LogP contribution in [0.5, 0.6) is 0 Å². The van der Waals surface area contributed by atoms with Crippen LogP contribution in [0.3, 0.4) is 0 Å². The first-order valence-corrected chi connectivity index (χ1v) is 10.0. The molecule has 5 nitrogen and oxygen atoms in total. The minimum absolute atomic E-state index is 0.0778. The highest BCUT2D eigenvalue weighted by atomic mass is 16.2. The maximum atomic E-state index is 12.8. The lowest BCUT2D eigenvalue weighted by Crippen LogP contribution is -2.52. The predicted molar refractivity (Wildman–Crippen MR) is 103 cm³/mol. The Balaban J connectivity index is 2.69. The van der Waals surface area contributed by atoms with E-state index in [-0.39, 0.29) is 29.7 Å². The van der Waals surface area contributed by atoms with E-state index in [1.165, 1.54) is 6.42 Å². The molecule has 6 atom stereocenters. The first kappa shape index (κ1) is 21.9. The molecule has 0 aliphatic heterocycles. The zero-order valence-electron chi connectivity index (χ0n) is 17.0. The standard InChI is InChI=1S/C20H39N3O2/c1-7-14(5)18(23-19(24)15(6)21)11-22-20(25)17-10-13(4)8-9-16(17)12(2)3/h12-18H,7-11,21H2,1-6H3,(H,22,25)(H,23,24)/t13-,14?,15?,16+,17-,18-/m1/s1. The Morgan fingerprint density at radius 2 is 1.80 bits per heavy atom. The monoisotopic (exact) mass is 353 g/mol. The number of rotatable bonds is 8. The summed E-state index contributed by atoms with van der Waals surface area (Å²) < 4.78 is 0. The minimum Gasteiger partial charge on any atom is -0.354 e. The van der Waals surface area contributed by atoms with Gasteiger partial charge in [0.05, 0.1) is 6.04 Å². The van der Waals surface area contributed by atoms with Gasteiger partial charge >= 0.3 is 0 Å². The second kappa shape index (κ2) is 10.1. The average Bonchev–Trinajstić information content (AvgIpc) is 2.56. The summed E-state index contributed by atoms with van der Waals surface area (Å²) in [5.41, 5.74) is 5.67. The molecule has 1 aliphatic rings. The molecule has 5 heteroatoms. The van der Waals surface area contributed by atoms with E-state index < -0.39 is 6.04 Å². The van der Waals surface area contributed by atoms with Crippen LogP contribution in [-0.4, -0.2) is 30.4 Å². The molecular formula is C20H39N3O2. The maximum absolute atomic E-state index is 12.8. The van der Waals surface area contributed by atoms with Crippen molar-refractivity contribution < 1.29 is 9.59 Å². The Bertz CT molecular complexity index is 437. The molecule has 0 aromatic carbocycles. The molecule has 0 spiro atoms. The van der Waals surface area contributed by atoms with Crippen LogP contribution in [0.1, 0.15) is 67.2 Å². The second-order valence-electron chi connectivity index (χ2n) is 8.47. The molecule has 0 radical (unpaired) electrons. The van der Waals surface area contributed by atoms with Crippen LogP contribution in [0.25, 0.3) is 0 Å². The zero-order valence-corrected chi connectivity index (χ0v) is 17.0. The van der Waals surface area contributed by atoms with Crippen molar-refractivity contribution in [2.45, 2.75) is 79.3 Å². The first-order chi connectivity index (χ1) is 11.7. The van der Waals surface area contributed by atoms with Crippen molar-refractivity contribution in [1.29, 1.82) is 0 Å². The maximum Gasteiger partial charge on any atom is 0.236 e. The molecule has 0 saturated heterocycles. The molecule has 0 aromatic heterocycles. The van der Waals surface area contributed by atoms with Crippen LogP contribution in [0.2, 0.25) is 0 Å². The van der Waals surface area contributed by atoms with Gasteiger partial charge in [0.1, 0.15) is 0 Å². The Morgan fingerprint density at radius 3 is 2.32 bits per heavy atom. The third-order valence-corrected chi connectivity index (χ3v) is 5.93. The lowest BCUT2D eigenvalue weighted by atomic mass is 9.70. The molecule has 1 rings (SSSR count). The van der Waals surface area contributed by atoms with Crippen molar-refractivity contribution in [3.63, 3.8) is 0 Å². The SMILES string of the molecule is CCC(C)[C@@H](CNC(=O)[C@@H]1C[C@H](C)CC[C@H]1C(C)C)NC(=O)C(C)N. The summed E-state index contributed by atoms with van der Waals surface area (Å²) >= 11 is 0. The molecule has 0 heterocycles. The van der Waals surface area contributed by atoms with Gasteiger partial charge in [-0.3, -0.25) is 9.59 Å². The summed E-state index contributed by atoms with van der Waals surface area (Å²) in [6, 6.07) is -0.613. The molecule has 0 bridgehead atoms. The molecule has 2 amide bonds. The molecule has 1 fully saturated rings. The smallest absolute Gasteiger partial charge is 0.236 e. The second-order valence-corrected chi connectivity index (χ2v) is 8.47. The zero-order chi connectivity index (χ0) is 19.1. The van der Waals surface area contributed by atoms with Gasteiger partial charge in [0.15, 0.2) is 0 Å². The summed E-state index contributed by atoms with van der Waals surface area (Å²) in [7, 11) is 0. The van der Waals surface area contributed by atoms with Crippen molar-refractivity contribution in [3.05, 3.63) is 0 Å². The molecule has 4 N–H and O–H groups in total. The lowest BCUT2D eigenvalue weighted by Gasteiger charge is -2.37. The van der Waals surface area contributed by atoms with Gasteiger partial charge in [0.25, 0.3) is 0 Å². The summed E-state index contributed by atoms with van der Waals surface area (Å²) in [4.78, 5) is 24.8. The molecule has 146 valence electrons. The quantitative estimate of drug-likeness (QED) is 0.627. The molecule has 1 saturated carbocycles. The fourth-order valence-electron chi connectivity index (χ4n) is 3.84. The Kier molecular flexibility index (Phi) is 8.91. The molecule has 25 heavy (non-hydrogen) atoms. The Hall–Kier alpha value is -1.10. The van der Waals surface area contributed by atoms with E-state index in [0.29, 0.717) is 24.3 Å². The van der Waals surface area contributed by atoms with E-state index in [1.807, 2.05) is 0 Å². The van der Waals surface area contributed by atoms with Crippen molar-refractivity contribution in [2.24, 2.45) is 35.3 Å². The minimum atomic E-state index is -0.535.